The summed E-state index contributed by atoms with van der Waals surface area (Å²) in [4.78, 5) is 18.3. The fourth-order valence-electron chi connectivity index (χ4n) is 2.63. The van der Waals surface area contributed by atoms with Crippen LogP contribution in [0.1, 0.15) is 40.5 Å². The highest BCUT2D eigenvalue weighted by atomic mass is 16.1. The molecule has 1 aliphatic heterocycles. The molecule has 0 aliphatic carbocycles. The molecule has 1 aliphatic rings. The van der Waals surface area contributed by atoms with Gasteiger partial charge in [0.1, 0.15) is 0 Å². The van der Waals surface area contributed by atoms with Crippen molar-refractivity contribution in [2.75, 3.05) is 46.3 Å². The minimum Gasteiger partial charge on any atom is -0.358 e. The van der Waals surface area contributed by atoms with Crippen molar-refractivity contribution in [3.63, 3.8) is 0 Å². The average molecular weight is 341 g/mol. The zero-order valence-electron chi connectivity index (χ0n) is 16.0. The summed E-state index contributed by atoms with van der Waals surface area (Å²) in [5, 5.41) is 13.0. The number of carbonyl (C=O) groups excluding carboxylic acids is 1. The van der Waals surface area contributed by atoms with Gasteiger partial charge in [0.25, 0.3) is 0 Å². The van der Waals surface area contributed by atoms with E-state index in [1.165, 1.54) is 0 Å². The van der Waals surface area contributed by atoms with Gasteiger partial charge in [0.05, 0.1) is 13.1 Å². The Balaban J connectivity index is 2.36. The summed E-state index contributed by atoms with van der Waals surface area (Å²) in [6, 6.07) is 0.416. The number of rotatable bonds is 7. The Morgan fingerprint density at radius 2 is 1.92 bits per heavy atom. The lowest BCUT2D eigenvalue weighted by molar-refractivity contribution is -0.122. The first-order valence-corrected chi connectivity index (χ1v) is 9.07. The van der Waals surface area contributed by atoms with Crippen LogP contribution >= 0.6 is 0 Å². The predicted octanol–water partition coefficient (Wildman–Crippen LogP) is 0.140. The molecule has 140 valence electrons. The number of likely N-dealkylation sites (N-methyl/N-ethyl adjacent to an activating group) is 1. The normalized spacial score (nSPS) is 17.6. The van der Waals surface area contributed by atoms with Gasteiger partial charge in [-0.15, -0.1) is 0 Å². The van der Waals surface area contributed by atoms with E-state index in [1.54, 1.807) is 7.05 Å². The molecule has 0 spiro atoms. The van der Waals surface area contributed by atoms with Crippen molar-refractivity contribution < 1.29 is 4.79 Å². The van der Waals surface area contributed by atoms with Crippen LogP contribution in [0.4, 0.5) is 0 Å². The summed E-state index contributed by atoms with van der Waals surface area (Å²) in [5.41, 5.74) is 0.124. The van der Waals surface area contributed by atoms with Crippen LogP contribution in [0.15, 0.2) is 4.99 Å². The van der Waals surface area contributed by atoms with Crippen LogP contribution < -0.4 is 21.3 Å². The van der Waals surface area contributed by atoms with E-state index in [2.05, 4.69) is 58.9 Å². The van der Waals surface area contributed by atoms with E-state index in [9.17, 15) is 4.79 Å². The minimum atomic E-state index is 0.0858. The fraction of sp³-hybridized carbons (Fsp3) is 0.882. The number of aliphatic imine (C=N–C) groups is 1. The molecule has 7 nitrogen and oxygen atoms in total. The van der Waals surface area contributed by atoms with Crippen LogP contribution in [-0.2, 0) is 4.79 Å². The van der Waals surface area contributed by atoms with Crippen LogP contribution in [0.25, 0.3) is 0 Å². The summed E-state index contributed by atoms with van der Waals surface area (Å²) in [6.45, 7) is 13.4. The van der Waals surface area contributed by atoms with E-state index in [-0.39, 0.29) is 11.4 Å². The Hall–Kier alpha value is -1.34. The average Bonchev–Trinajstić information content (AvgIpc) is 2.52. The fourth-order valence-corrected chi connectivity index (χ4v) is 2.63. The molecule has 1 heterocycles. The van der Waals surface area contributed by atoms with Crippen molar-refractivity contribution in [2.45, 2.75) is 52.1 Å². The molecule has 1 fully saturated rings. The summed E-state index contributed by atoms with van der Waals surface area (Å²) in [7, 11) is 1.68. The van der Waals surface area contributed by atoms with Crippen molar-refractivity contribution in [3.05, 3.63) is 0 Å². The second kappa shape index (κ2) is 10.5. The molecule has 0 atom stereocenters. The molecule has 24 heavy (non-hydrogen) atoms. The van der Waals surface area contributed by atoms with Gasteiger partial charge >= 0.3 is 0 Å². The molecule has 0 aromatic rings. The van der Waals surface area contributed by atoms with Crippen LogP contribution in [0.2, 0.25) is 0 Å². The highest BCUT2D eigenvalue weighted by Crippen LogP contribution is 2.09. The smallest absolute Gasteiger partial charge is 0.233 e. The first-order valence-electron chi connectivity index (χ1n) is 9.07. The van der Waals surface area contributed by atoms with Crippen molar-refractivity contribution in [1.29, 1.82) is 0 Å². The Morgan fingerprint density at radius 3 is 2.46 bits per heavy atom. The van der Waals surface area contributed by atoms with Crippen molar-refractivity contribution in [3.8, 4) is 0 Å². The molecule has 1 rings (SSSR count). The number of amides is 1. The number of carbonyl (C=O) groups is 1. The zero-order valence-corrected chi connectivity index (χ0v) is 16.0. The topological polar surface area (TPSA) is 80.8 Å². The second-order valence-corrected chi connectivity index (χ2v) is 7.31. The highest BCUT2D eigenvalue weighted by molar-refractivity contribution is 5.80. The molecule has 0 saturated carbocycles. The molecular formula is C17H36N6O. The lowest BCUT2D eigenvalue weighted by Gasteiger charge is -2.32. The van der Waals surface area contributed by atoms with Crippen LogP contribution in [0.5, 0.6) is 0 Å². The monoisotopic (exact) mass is 340 g/mol. The number of hydrogen-bond acceptors (Lipinski definition) is 4. The molecule has 4 N–H and O–H groups in total. The van der Waals surface area contributed by atoms with Gasteiger partial charge in [-0.3, -0.25) is 14.7 Å². The van der Waals surface area contributed by atoms with Gasteiger partial charge in [-0.1, -0.05) is 0 Å². The quantitative estimate of drug-likeness (QED) is 0.301. The summed E-state index contributed by atoms with van der Waals surface area (Å²) in [6.07, 6.45) is 2.06. The molecule has 1 amide bonds. The van der Waals surface area contributed by atoms with Gasteiger partial charge < -0.3 is 21.3 Å². The minimum absolute atomic E-state index is 0.0858. The first-order chi connectivity index (χ1) is 11.3. The SMILES string of the molecule is CCNC(=NCCNC(C)(C)C)NC1CCN(CC(=O)NC)CC1. The number of guanidine groups is 1. The standard InChI is InChI=1S/C17H36N6O/c1-6-19-16(20-9-10-21-17(2,3)4)22-14-7-11-23(12-8-14)13-15(24)18-5/h14,21H,6-13H2,1-5H3,(H,18,24)(H2,19,20,22). The molecule has 0 unspecified atom stereocenters. The van der Waals surface area contributed by atoms with Gasteiger partial charge in [0.15, 0.2) is 5.96 Å². The summed E-state index contributed by atoms with van der Waals surface area (Å²) < 4.78 is 0. The maximum Gasteiger partial charge on any atom is 0.233 e. The predicted molar refractivity (Wildman–Crippen MR) is 100 cm³/mol. The molecule has 1 saturated heterocycles. The number of piperidine rings is 1. The maximum atomic E-state index is 11.4. The van der Waals surface area contributed by atoms with E-state index >= 15 is 0 Å². The largest absolute Gasteiger partial charge is 0.358 e. The first kappa shape index (κ1) is 20.7. The Morgan fingerprint density at radius 1 is 1.25 bits per heavy atom. The number of nitrogens with zero attached hydrogens (tertiary/aromatic N) is 2. The van der Waals surface area contributed by atoms with Crippen LogP contribution in [0, 0.1) is 0 Å². The molecule has 0 radical (unpaired) electrons. The van der Waals surface area contributed by atoms with E-state index in [0.717, 1.165) is 51.5 Å². The third-order valence-corrected chi connectivity index (χ3v) is 3.96. The van der Waals surface area contributed by atoms with Crippen molar-refractivity contribution in [2.24, 2.45) is 4.99 Å². The Kier molecular flexibility index (Phi) is 9.07. The lowest BCUT2D eigenvalue weighted by Crippen LogP contribution is -2.50. The Bertz CT molecular complexity index is 396. The molecule has 0 aromatic heterocycles. The van der Waals surface area contributed by atoms with Gasteiger partial charge in [-0.05, 0) is 40.5 Å². The molecule has 0 bridgehead atoms. The number of nitrogens with one attached hydrogen (secondary N) is 4. The van der Waals surface area contributed by atoms with Crippen molar-refractivity contribution >= 4 is 11.9 Å². The van der Waals surface area contributed by atoms with E-state index < -0.39 is 0 Å². The molecule has 7 heteroatoms. The van der Waals surface area contributed by atoms with E-state index in [1.807, 2.05) is 0 Å². The maximum absolute atomic E-state index is 11.4. The van der Waals surface area contributed by atoms with E-state index in [0.29, 0.717) is 12.6 Å². The summed E-state index contributed by atoms with van der Waals surface area (Å²) >= 11 is 0. The molecule has 0 aromatic carbocycles. The third-order valence-electron chi connectivity index (χ3n) is 3.96. The number of hydrogen-bond donors (Lipinski definition) is 4. The van der Waals surface area contributed by atoms with Gasteiger partial charge in [-0.25, -0.2) is 0 Å². The van der Waals surface area contributed by atoms with E-state index in [4.69, 9.17) is 0 Å². The highest BCUT2D eigenvalue weighted by Gasteiger charge is 2.21. The van der Waals surface area contributed by atoms with Gasteiger partial charge in [0, 0.05) is 44.8 Å². The third kappa shape index (κ3) is 9.08. The van der Waals surface area contributed by atoms with Crippen LogP contribution in [-0.4, -0.2) is 74.7 Å². The van der Waals surface area contributed by atoms with Crippen LogP contribution in [0.3, 0.4) is 0 Å². The zero-order chi connectivity index (χ0) is 18.0. The number of likely N-dealkylation sites (tertiary alicyclic amines) is 1. The van der Waals surface area contributed by atoms with Gasteiger partial charge in [-0.2, -0.15) is 0 Å². The lowest BCUT2D eigenvalue weighted by atomic mass is 10.1. The second-order valence-electron chi connectivity index (χ2n) is 7.31. The summed E-state index contributed by atoms with van der Waals surface area (Å²) in [5.74, 6) is 0.973. The van der Waals surface area contributed by atoms with Gasteiger partial charge in [0.2, 0.25) is 5.91 Å². The van der Waals surface area contributed by atoms with Crippen molar-refractivity contribution in [1.82, 2.24) is 26.2 Å². The Labute approximate surface area is 147 Å². The molecular weight excluding hydrogens is 304 g/mol.